The molecule has 0 aromatic rings. The number of carbonyl (C=O) groups excluding carboxylic acids is 6. The molecular weight excluding hydrogens is 544 g/mol. The van der Waals surface area contributed by atoms with Gasteiger partial charge >= 0.3 is 11.9 Å². The van der Waals surface area contributed by atoms with Crippen LogP contribution in [0.1, 0.15) is 99.8 Å². The van der Waals surface area contributed by atoms with Gasteiger partial charge in [0.1, 0.15) is 12.1 Å². The minimum atomic E-state index is -1.53. The van der Waals surface area contributed by atoms with Gasteiger partial charge in [-0.2, -0.15) is 0 Å². The number of nitrogens with zero attached hydrogens (tertiary/aromatic N) is 2. The number of esters is 2. The Labute approximate surface area is 249 Å². The molecular formula is C30H50N4O8. The van der Waals surface area contributed by atoms with E-state index in [1.54, 1.807) is 20.8 Å². The summed E-state index contributed by atoms with van der Waals surface area (Å²) in [4.78, 5) is 78.5. The van der Waals surface area contributed by atoms with Crippen LogP contribution < -0.4 is 11.1 Å². The Balaban J connectivity index is 1.81. The van der Waals surface area contributed by atoms with E-state index in [1.807, 2.05) is 20.8 Å². The van der Waals surface area contributed by atoms with Crippen molar-refractivity contribution in [1.29, 1.82) is 0 Å². The molecule has 0 bridgehead atoms. The number of carbonyl (C=O) groups is 6. The van der Waals surface area contributed by atoms with E-state index >= 15 is 0 Å². The number of hydrogen-bond acceptors (Lipinski definition) is 8. The molecule has 4 amide bonds. The molecule has 3 atom stereocenters. The summed E-state index contributed by atoms with van der Waals surface area (Å²) in [6.07, 6.45) is 3.39. The summed E-state index contributed by atoms with van der Waals surface area (Å²) in [6, 6.07) is -1.50. The first kappa shape index (κ1) is 35.0. The van der Waals surface area contributed by atoms with Crippen LogP contribution in [-0.2, 0) is 38.2 Å². The van der Waals surface area contributed by atoms with E-state index in [9.17, 15) is 28.8 Å². The molecule has 1 unspecified atom stereocenters. The van der Waals surface area contributed by atoms with E-state index in [1.165, 1.54) is 16.7 Å². The smallest absolute Gasteiger partial charge is 0.329 e. The minimum absolute atomic E-state index is 0.0959. The number of nitrogens with one attached hydrogen (secondary N) is 1. The van der Waals surface area contributed by atoms with Gasteiger partial charge in [0.25, 0.3) is 11.8 Å². The zero-order chi connectivity index (χ0) is 31.9. The van der Waals surface area contributed by atoms with Gasteiger partial charge < -0.3 is 30.3 Å². The van der Waals surface area contributed by atoms with E-state index < -0.39 is 47.6 Å². The molecule has 0 aromatic carbocycles. The number of nitrogens with two attached hydrogens (primary N) is 1. The van der Waals surface area contributed by atoms with Gasteiger partial charge in [-0.15, -0.1) is 0 Å². The normalized spacial score (nSPS) is 20.5. The van der Waals surface area contributed by atoms with Crippen LogP contribution in [0.4, 0.5) is 0 Å². The third-order valence-electron chi connectivity index (χ3n) is 8.09. The number of ether oxygens (including phenoxy) is 2. The van der Waals surface area contributed by atoms with Crippen molar-refractivity contribution >= 4 is 35.6 Å². The van der Waals surface area contributed by atoms with Crippen molar-refractivity contribution in [1.82, 2.24) is 15.1 Å². The lowest BCUT2D eigenvalue weighted by atomic mass is 9.77. The molecule has 0 aromatic heterocycles. The molecule has 42 heavy (non-hydrogen) atoms. The monoisotopic (exact) mass is 594 g/mol. The second-order valence-corrected chi connectivity index (χ2v) is 13.7. The van der Waals surface area contributed by atoms with Gasteiger partial charge in [-0.05, 0) is 50.9 Å². The first-order chi connectivity index (χ1) is 19.4. The van der Waals surface area contributed by atoms with Crippen LogP contribution in [0.3, 0.4) is 0 Å². The second kappa shape index (κ2) is 14.3. The number of unbranched alkanes of at least 4 members (excludes halogenated alkanes) is 1. The lowest BCUT2D eigenvalue weighted by Crippen LogP contribution is -2.56. The molecule has 3 N–H and O–H groups in total. The Bertz CT molecular complexity index is 1030. The van der Waals surface area contributed by atoms with Gasteiger partial charge in [0.05, 0.1) is 0 Å². The molecule has 2 saturated heterocycles. The highest BCUT2D eigenvalue weighted by atomic mass is 16.6. The van der Waals surface area contributed by atoms with Crippen molar-refractivity contribution in [3.63, 3.8) is 0 Å². The molecule has 12 heteroatoms. The summed E-state index contributed by atoms with van der Waals surface area (Å²) in [5.41, 5.74) is 3.20. The molecule has 0 radical (unpaired) electrons. The fraction of sp³-hybridized carbons (Fsp3) is 0.800. The summed E-state index contributed by atoms with van der Waals surface area (Å²) in [6.45, 7) is 13.6. The Morgan fingerprint density at radius 2 is 1.26 bits per heavy atom. The van der Waals surface area contributed by atoms with Crippen LogP contribution in [0.5, 0.6) is 0 Å². The molecule has 0 spiro atoms. The van der Waals surface area contributed by atoms with Crippen LogP contribution in [-0.4, -0.2) is 89.3 Å². The van der Waals surface area contributed by atoms with Crippen molar-refractivity contribution in [2.45, 2.75) is 118 Å². The summed E-state index contributed by atoms with van der Waals surface area (Å²) in [7, 11) is 0. The number of primary amides is 1. The summed E-state index contributed by atoms with van der Waals surface area (Å²) in [5, 5.41) is 2.72. The summed E-state index contributed by atoms with van der Waals surface area (Å²) < 4.78 is 10.8. The maximum Gasteiger partial charge on any atom is 0.329 e. The molecule has 2 fully saturated rings. The van der Waals surface area contributed by atoms with E-state index in [4.69, 9.17) is 15.2 Å². The number of likely N-dealkylation sites (tertiary alicyclic amines) is 2. The Morgan fingerprint density at radius 3 is 1.69 bits per heavy atom. The molecule has 12 nitrogen and oxygen atoms in total. The summed E-state index contributed by atoms with van der Waals surface area (Å²) >= 11 is 0. The lowest BCUT2D eigenvalue weighted by molar-refractivity contribution is -0.182. The van der Waals surface area contributed by atoms with Gasteiger partial charge in [-0.1, -0.05) is 41.5 Å². The van der Waals surface area contributed by atoms with Crippen LogP contribution in [0, 0.1) is 10.8 Å². The molecule has 2 rings (SSSR count). The van der Waals surface area contributed by atoms with Gasteiger partial charge in [-0.25, -0.2) is 9.59 Å². The largest absolute Gasteiger partial charge is 0.454 e. The highest BCUT2D eigenvalue weighted by Crippen LogP contribution is 2.35. The Hall–Kier alpha value is -3.18. The topological polar surface area (TPSA) is 165 Å². The maximum absolute atomic E-state index is 13.0. The van der Waals surface area contributed by atoms with Crippen LogP contribution in [0.25, 0.3) is 0 Å². The van der Waals surface area contributed by atoms with Crippen molar-refractivity contribution in [3.05, 3.63) is 0 Å². The van der Waals surface area contributed by atoms with Crippen molar-refractivity contribution in [2.75, 3.05) is 26.2 Å². The number of rotatable bonds is 12. The van der Waals surface area contributed by atoms with E-state index in [0.717, 1.165) is 0 Å². The zero-order valence-electron chi connectivity index (χ0n) is 26.4. The standard InChI is InChI=1S/C30H50N4O8/c1-28(2,3)19-32-22(35)18-41-25(38)20-12-10-16-33(20)23(36)14-8-9-15-24(37)34-17-11-13-21(34)26(39)42-30(7,27(31)40)29(4,5)6/h20-21H,8-19H2,1-7H3,(H2,31,40)(H,32,35)/t20-,21-,30?/m1/s1. The third-order valence-corrected chi connectivity index (χ3v) is 8.09. The van der Waals surface area contributed by atoms with Crippen LogP contribution >= 0.6 is 0 Å². The lowest BCUT2D eigenvalue weighted by Gasteiger charge is -2.39. The van der Waals surface area contributed by atoms with Gasteiger partial charge in [-0.3, -0.25) is 19.2 Å². The van der Waals surface area contributed by atoms with Gasteiger partial charge in [0, 0.05) is 37.9 Å². The minimum Gasteiger partial charge on any atom is -0.454 e. The fourth-order valence-corrected chi connectivity index (χ4v) is 4.95. The van der Waals surface area contributed by atoms with E-state index in [0.29, 0.717) is 58.2 Å². The van der Waals surface area contributed by atoms with E-state index in [-0.39, 0.29) is 36.0 Å². The van der Waals surface area contributed by atoms with Crippen LogP contribution in [0.15, 0.2) is 0 Å². The van der Waals surface area contributed by atoms with E-state index in [2.05, 4.69) is 5.32 Å². The molecule has 2 aliphatic rings. The molecule has 0 saturated carbocycles. The number of amides is 4. The fourth-order valence-electron chi connectivity index (χ4n) is 4.95. The second-order valence-electron chi connectivity index (χ2n) is 13.7. The molecule has 2 aliphatic heterocycles. The first-order valence-electron chi connectivity index (χ1n) is 14.9. The van der Waals surface area contributed by atoms with Gasteiger partial charge in [0.15, 0.2) is 12.2 Å². The predicted octanol–water partition coefficient (Wildman–Crippen LogP) is 2.07. The van der Waals surface area contributed by atoms with Crippen molar-refractivity contribution in [2.24, 2.45) is 16.6 Å². The first-order valence-corrected chi connectivity index (χ1v) is 14.9. The van der Waals surface area contributed by atoms with Gasteiger partial charge in [0.2, 0.25) is 11.8 Å². The Morgan fingerprint density at radius 1 is 0.786 bits per heavy atom. The molecule has 238 valence electrons. The average molecular weight is 595 g/mol. The third kappa shape index (κ3) is 9.42. The quantitative estimate of drug-likeness (QED) is 0.256. The number of hydrogen-bond donors (Lipinski definition) is 2. The highest BCUT2D eigenvalue weighted by molar-refractivity contribution is 5.90. The average Bonchev–Trinajstić information content (AvgIpc) is 3.57. The van der Waals surface area contributed by atoms with Crippen molar-refractivity contribution in [3.8, 4) is 0 Å². The van der Waals surface area contributed by atoms with Crippen LogP contribution in [0.2, 0.25) is 0 Å². The SMILES string of the molecule is CC(C)(C)CNC(=O)COC(=O)[C@H]1CCCN1C(=O)CCCCC(=O)N1CCC[C@@H]1C(=O)OC(C)(C(N)=O)C(C)(C)C. The maximum atomic E-state index is 13.0. The molecule has 0 aliphatic carbocycles. The Kier molecular flexibility index (Phi) is 11.9. The highest BCUT2D eigenvalue weighted by Gasteiger charge is 2.49. The summed E-state index contributed by atoms with van der Waals surface area (Å²) in [5.74, 6) is -2.79. The predicted molar refractivity (Wildman–Crippen MR) is 155 cm³/mol. The zero-order valence-corrected chi connectivity index (χ0v) is 26.4. The molecule has 2 heterocycles. The van der Waals surface area contributed by atoms with Crippen molar-refractivity contribution < 1.29 is 38.2 Å².